The second kappa shape index (κ2) is 5.86. The van der Waals surface area contributed by atoms with Crippen molar-refractivity contribution in [3.8, 4) is 5.88 Å². The van der Waals surface area contributed by atoms with Crippen molar-refractivity contribution >= 4 is 15.7 Å². The first-order valence-corrected chi connectivity index (χ1v) is 7.22. The second-order valence-corrected chi connectivity index (χ2v) is 5.79. The van der Waals surface area contributed by atoms with Gasteiger partial charge < -0.3 is 4.74 Å². The number of aromatic nitrogens is 1. The minimum absolute atomic E-state index is 0.0562. The maximum atomic E-state index is 11.6. The zero-order valence-corrected chi connectivity index (χ0v) is 11.1. The highest BCUT2D eigenvalue weighted by molar-refractivity contribution is 7.92. The van der Waals surface area contributed by atoms with Crippen LogP contribution in [0.3, 0.4) is 0 Å². The summed E-state index contributed by atoms with van der Waals surface area (Å²) in [5, 5.41) is 0. The van der Waals surface area contributed by atoms with E-state index in [1.54, 1.807) is 18.3 Å². The minimum Gasteiger partial charge on any atom is -0.473 e. The van der Waals surface area contributed by atoms with Crippen LogP contribution in [-0.4, -0.2) is 25.3 Å². The summed E-state index contributed by atoms with van der Waals surface area (Å²) >= 11 is 0. The summed E-state index contributed by atoms with van der Waals surface area (Å²) in [5.41, 5.74) is 0.384. The number of hydrogen-bond acceptors (Lipinski definition) is 4. The van der Waals surface area contributed by atoms with Gasteiger partial charge in [-0.3, -0.25) is 4.72 Å². The van der Waals surface area contributed by atoms with Crippen LogP contribution in [0.2, 0.25) is 0 Å². The van der Waals surface area contributed by atoms with Crippen LogP contribution < -0.4 is 9.46 Å². The van der Waals surface area contributed by atoms with E-state index in [4.69, 9.17) is 4.74 Å². The number of hydrogen-bond donors (Lipinski definition) is 1. The summed E-state index contributed by atoms with van der Waals surface area (Å²) in [6.45, 7) is 5.53. The van der Waals surface area contributed by atoms with Crippen molar-refractivity contribution in [1.82, 2.24) is 4.98 Å². The minimum atomic E-state index is -3.31. The molecule has 0 saturated heterocycles. The SMILES string of the molecule is CCCS(=O)(=O)Nc1cccnc1OC(C)C. The summed E-state index contributed by atoms with van der Waals surface area (Å²) in [6, 6.07) is 3.30. The van der Waals surface area contributed by atoms with Gasteiger partial charge in [0.15, 0.2) is 0 Å². The normalized spacial score (nSPS) is 11.5. The molecule has 0 spiro atoms. The molecule has 0 amide bonds. The van der Waals surface area contributed by atoms with E-state index in [9.17, 15) is 8.42 Å². The van der Waals surface area contributed by atoms with E-state index in [-0.39, 0.29) is 11.9 Å². The number of anilines is 1. The molecule has 96 valence electrons. The van der Waals surface area contributed by atoms with Crippen LogP contribution >= 0.6 is 0 Å². The van der Waals surface area contributed by atoms with Crippen LogP contribution in [0.5, 0.6) is 5.88 Å². The molecule has 1 aromatic heterocycles. The smallest absolute Gasteiger partial charge is 0.238 e. The highest BCUT2D eigenvalue weighted by Crippen LogP contribution is 2.22. The van der Waals surface area contributed by atoms with Crippen molar-refractivity contribution < 1.29 is 13.2 Å². The number of nitrogens with one attached hydrogen (secondary N) is 1. The summed E-state index contributed by atoms with van der Waals surface area (Å²) in [7, 11) is -3.31. The van der Waals surface area contributed by atoms with Gasteiger partial charge in [-0.2, -0.15) is 0 Å². The Labute approximate surface area is 102 Å². The van der Waals surface area contributed by atoms with Crippen LogP contribution in [0.25, 0.3) is 0 Å². The van der Waals surface area contributed by atoms with E-state index in [1.807, 2.05) is 20.8 Å². The van der Waals surface area contributed by atoms with E-state index >= 15 is 0 Å². The topological polar surface area (TPSA) is 68.3 Å². The van der Waals surface area contributed by atoms with Crippen LogP contribution in [0, 0.1) is 0 Å². The molecule has 17 heavy (non-hydrogen) atoms. The maximum Gasteiger partial charge on any atom is 0.238 e. The molecule has 1 aromatic rings. The van der Waals surface area contributed by atoms with Crippen molar-refractivity contribution in [2.24, 2.45) is 0 Å². The Morgan fingerprint density at radius 3 is 2.76 bits per heavy atom. The summed E-state index contributed by atoms with van der Waals surface area (Å²) in [4.78, 5) is 4.01. The van der Waals surface area contributed by atoms with E-state index < -0.39 is 10.0 Å². The van der Waals surface area contributed by atoms with Gasteiger partial charge in [-0.1, -0.05) is 6.92 Å². The summed E-state index contributed by atoms with van der Waals surface area (Å²) in [6.07, 6.45) is 2.07. The molecule has 0 aliphatic carbocycles. The fraction of sp³-hybridized carbons (Fsp3) is 0.545. The number of ether oxygens (including phenoxy) is 1. The number of nitrogens with zero attached hydrogens (tertiary/aromatic N) is 1. The quantitative estimate of drug-likeness (QED) is 0.847. The Hall–Kier alpha value is -1.30. The second-order valence-electron chi connectivity index (χ2n) is 3.94. The Morgan fingerprint density at radius 2 is 2.18 bits per heavy atom. The van der Waals surface area contributed by atoms with Crippen LogP contribution in [-0.2, 0) is 10.0 Å². The van der Waals surface area contributed by atoms with Crippen LogP contribution in [0.4, 0.5) is 5.69 Å². The van der Waals surface area contributed by atoms with Gasteiger partial charge in [-0.05, 0) is 32.4 Å². The zero-order chi connectivity index (χ0) is 12.9. The molecule has 5 nitrogen and oxygen atoms in total. The predicted octanol–water partition coefficient (Wildman–Crippen LogP) is 2.02. The van der Waals surface area contributed by atoms with Crippen molar-refractivity contribution in [2.75, 3.05) is 10.5 Å². The predicted molar refractivity (Wildman–Crippen MR) is 67.7 cm³/mol. The first-order chi connectivity index (χ1) is 7.94. The Balaban J connectivity index is 2.90. The molecule has 0 aliphatic heterocycles. The van der Waals surface area contributed by atoms with Gasteiger partial charge in [0.2, 0.25) is 15.9 Å². The molecule has 0 atom stereocenters. The summed E-state index contributed by atoms with van der Waals surface area (Å²) in [5.74, 6) is 0.394. The Morgan fingerprint density at radius 1 is 1.47 bits per heavy atom. The average Bonchev–Trinajstić information content (AvgIpc) is 2.19. The fourth-order valence-corrected chi connectivity index (χ4v) is 2.40. The highest BCUT2D eigenvalue weighted by Gasteiger charge is 2.13. The lowest BCUT2D eigenvalue weighted by Crippen LogP contribution is -2.18. The molecule has 0 aliphatic rings. The maximum absolute atomic E-state index is 11.6. The van der Waals surface area contributed by atoms with Gasteiger partial charge in [0.1, 0.15) is 5.69 Å². The molecule has 0 unspecified atom stereocenters. The number of pyridine rings is 1. The third kappa shape index (κ3) is 4.60. The molecule has 0 radical (unpaired) electrons. The van der Waals surface area contributed by atoms with Gasteiger partial charge >= 0.3 is 0 Å². The average molecular weight is 258 g/mol. The number of rotatable bonds is 6. The van der Waals surface area contributed by atoms with Crippen LogP contribution in [0.1, 0.15) is 27.2 Å². The lowest BCUT2D eigenvalue weighted by Gasteiger charge is -2.13. The van der Waals surface area contributed by atoms with Crippen LogP contribution in [0.15, 0.2) is 18.3 Å². The van der Waals surface area contributed by atoms with E-state index in [0.29, 0.717) is 18.0 Å². The lowest BCUT2D eigenvalue weighted by molar-refractivity contribution is 0.234. The third-order valence-electron chi connectivity index (χ3n) is 1.86. The summed E-state index contributed by atoms with van der Waals surface area (Å²) < 4.78 is 31.2. The van der Waals surface area contributed by atoms with Crippen molar-refractivity contribution in [1.29, 1.82) is 0 Å². The van der Waals surface area contributed by atoms with Gasteiger partial charge in [-0.25, -0.2) is 13.4 Å². The van der Waals surface area contributed by atoms with Crippen molar-refractivity contribution in [2.45, 2.75) is 33.3 Å². The standard InChI is InChI=1S/C11H18N2O3S/c1-4-8-17(14,15)13-10-6-5-7-12-11(10)16-9(2)3/h5-7,9,13H,4,8H2,1-3H3. The number of sulfonamides is 1. The molecule has 6 heteroatoms. The van der Waals surface area contributed by atoms with E-state index in [0.717, 1.165) is 0 Å². The molecular formula is C11H18N2O3S. The van der Waals surface area contributed by atoms with Crippen molar-refractivity contribution in [3.05, 3.63) is 18.3 Å². The third-order valence-corrected chi connectivity index (χ3v) is 3.33. The highest BCUT2D eigenvalue weighted by atomic mass is 32.2. The van der Waals surface area contributed by atoms with E-state index in [1.165, 1.54) is 0 Å². The van der Waals surface area contributed by atoms with Gasteiger partial charge in [-0.15, -0.1) is 0 Å². The Kier molecular flexibility index (Phi) is 4.74. The fourth-order valence-electron chi connectivity index (χ4n) is 1.27. The van der Waals surface area contributed by atoms with Gasteiger partial charge in [0, 0.05) is 6.20 Å². The molecule has 1 N–H and O–H groups in total. The molecule has 1 rings (SSSR count). The van der Waals surface area contributed by atoms with E-state index in [2.05, 4.69) is 9.71 Å². The molecular weight excluding hydrogens is 240 g/mol. The lowest BCUT2D eigenvalue weighted by atomic mass is 10.4. The Bertz CT molecular complexity index is 458. The largest absolute Gasteiger partial charge is 0.473 e. The monoisotopic (exact) mass is 258 g/mol. The molecule has 1 heterocycles. The molecule has 0 bridgehead atoms. The van der Waals surface area contributed by atoms with Gasteiger partial charge in [0.05, 0.1) is 11.9 Å². The molecule has 0 aromatic carbocycles. The zero-order valence-electron chi connectivity index (χ0n) is 10.3. The first-order valence-electron chi connectivity index (χ1n) is 5.56. The first kappa shape index (κ1) is 13.8. The van der Waals surface area contributed by atoms with Gasteiger partial charge in [0.25, 0.3) is 0 Å². The molecule has 0 fully saturated rings. The molecule has 0 saturated carbocycles. The van der Waals surface area contributed by atoms with Crippen molar-refractivity contribution in [3.63, 3.8) is 0 Å².